The number of aryl methyl sites for hydroxylation is 1. The second-order valence-corrected chi connectivity index (χ2v) is 4.73. The summed E-state index contributed by atoms with van der Waals surface area (Å²) in [7, 11) is 0. The monoisotopic (exact) mass is 341 g/mol. The molecule has 0 saturated heterocycles. The van der Waals surface area contributed by atoms with Crippen LogP contribution < -0.4 is 11.1 Å². The highest BCUT2D eigenvalue weighted by Gasteiger charge is 2.22. The van der Waals surface area contributed by atoms with E-state index in [9.17, 15) is 14.5 Å². The van der Waals surface area contributed by atoms with Crippen LogP contribution >= 0.6 is 15.9 Å². The molecular formula is C11H9BrFN5O2. The van der Waals surface area contributed by atoms with Crippen molar-refractivity contribution in [1.82, 2.24) is 9.97 Å². The van der Waals surface area contributed by atoms with Gasteiger partial charge in [0.2, 0.25) is 11.8 Å². The third-order valence-corrected chi connectivity index (χ3v) is 3.10. The van der Waals surface area contributed by atoms with Gasteiger partial charge in [0.05, 0.1) is 10.6 Å². The van der Waals surface area contributed by atoms with Crippen LogP contribution in [-0.4, -0.2) is 14.9 Å². The zero-order valence-corrected chi connectivity index (χ0v) is 11.8. The average Bonchev–Trinajstić information content (AvgIpc) is 2.31. The molecule has 0 fully saturated rings. The van der Waals surface area contributed by atoms with Crippen molar-refractivity contribution in [3.63, 3.8) is 0 Å². The van der Waals surface area contributed by atoms with Crippen LogP contribution in [0.1, 0.15) is 5.69 Å². The summed E-state index contributed by atoms with van der Waals surface area (Å²) in [6.07, 6.45) is 0. The number of aromatic nitrogens is 2. The number of nitrogen functional groups attached to an aromatic ring is 1. The molecule has 104 valence electrons. The maximum atomic E-state index is 13.0. The first-order valence-corrected chi connectivity index (χ1v) is 6.18. The standard InChI is InChI=1S/C11H9BrFN5O2/c1-5-9(18(19)20)10(17-11(14)15-5)16-8-3-2-6(13)4-7(8)12/h2-4H,1H3,(H3,14,15,16,17). The molecule has 3 N–H and O–H groups in total. The molecule has 20 heavy (non-hydrogen) atoms. The number of benzene rings is 1. The van der Waals surface area contributed by atoms with Crippen molar-refractivity contribution in [2.75, 3.05) is 11.1 Å². The molecule has 1 aromatic heterocycles. The van der Waals surface area contributed by atoms with Crippen LogP contribution in [0.2, 0.25) is 0 Å². The van der Waals surface area contributed by atoms with Gasteiger partial charge in [-0.25, -0.2) is 9.37 Å². The van der Waals surface area contributed by atoms with Crippen LogP contribution in [0.5, 0.6) is 0 Å². The largest absolute Gasteiger partial charge is 0.368 e. The highest BCUT2D eigenvalue weighted by Crippen LogP contribution is 2.32. The van der Waals surface area contributed by atoms with Crippen molar-refractivity contribution in [1.29, 1.82) is 0 Å². The molecule has 0 aliphatic rings. The molecule has 0 atom stereocenters. The lowest BCUT2D eigenvalue weighted by Gasteiger charge is -2.09. The summed E-state index contributed by atoms with van der Waals surface area (Å²) >= 11 is 3.16. The normalized spacial score (nSPS) is 10.3. The van der Waals surface area contributed by atoms with Crippen molar-refractivity contribution in [3.8, 4) is 0 Å². The van der Waals surface area contributed by atoms with E-state index < -0.39 is 10.7 Å². The maximum absolute atomic E-state index is 13.0. The van der Waals surface area contributed by atoms with Crippen molar-refractivity contribution >= 4 is 39.1 Å². The molecule has 0 unspecified atom stereocenters. The SMILES string of the molecule is Cc1nc(N)nc(Nc2ccc(F)cc2Br)c1[N+](=O)[O-]. The molecule has 2 aromatic rings. The number of nitrogens with zero attached hydrogens (tertiary/aromatic N) is 3. The Hall–Kier alpha value is -2.29. The first-order chi connectivity index (χ1) is 9.38. The quantitative estimate of drug-likeness (QED) is 0.656. The Morgan fingerprint density at radius 1 is 1.45 bits per heavy atom. The average molecular weight is 342 g/mol. The summed E-state index contributed by atoms with van der Waals surface area (Å²) in [5.41, 5.74) is 5.77. The van der Waals surface area contributed by atoms with E-state index in [-0.39, 0.29) is 23.1 Å². The molecule has 0 spiro atoms. The van der Waals surface area contributed by atoms with Gasteiger partial charge in [0.1, 0.15) is 11.5 Å². The number of hydrogen-bond acceptors (Lipinski definition) is 6. The number of nitrogens with one attached hydrogen (secondary N) is 1. The van der Waals surface area contributed by atoms with Gasteiger partial charge in [-0.1, -0.05) is 0 Å². The van der Waals surface area contributed by atoms with Crippen LogP contribution in [0.25, 0.3) is 0 Å². The van der Waals surface area contributed by atoms with Crippen LogP contribution in [0, 0.1) is 22.9 Å². The Balaban J connectivity index is 2.50. The highest BCUT2D eigenvalue weighted by molar-refractivity contribution is 9.10. The Morgan fingerprint density at radius 3 is 2.75 bits per heavy atom. The molecule has 0 aliphatic heterocycles. The maximum Gasteiger partial charge on any atom is 0.332 e. The minimum Gasteiger partial charge on any atom is -0.368 e. The van der Waals surface area contributed by atoms with Gasteiger partial charge in [-0.3, -0.25) is 10.1 Å². The summed E-state index contributed by atoms with van der Waals surface area (Å²) in [6, 6.07) is 3.87. The van der Waals surface area contributed by atoms with Gasteiger partial charge in [0, 0.05) is 4.47 Å². The first kappa shape index (κ1) is 14.1. The Labute approximate surface area is 121 Å². The van der Waals surface area contributed by atoms with Gasteiger partial charge >= 0.3 is 5.69 Å². The Morgan fingerprint density at radius 2 is 2.15 bits per heavy atom. The lowest BCUT2D eigenvalue weighted by Crippen LogP contribution is -2.07. The summed E-state index contributed by atoms with van der Waals surface area (Å²) in [6.45, 7) is 1.46. The molecule has 0 amide bonds. The number of nitro groups is 1. The highest BCUT2D eigenvalue weighted by atomic mass is 79.9. The number of hydrogen-bond donors (Lipinski definition) is 2. The third-order valence-electron chi connectivity index (χ3n) is 2.44. The fourth-order valence-electron chi connectivity index (χ4n) is 1.61. The van der Waals surface area contributed by atoms with Crippen LogP contribution in [-0.2, 0) is 0 Å². The van der Waals surface area contributed by atoms with E-state index in [0.717, 1.165) is 0 Å². The summed E-state index contributed by atoms with van der Waals surface area (Å²) in [5.74, 6) is -0.573. The topological polar surface area (TPSA) is 107 Å². The first-order valence-electron chi connectivity index (χ1n) is 5.39. The smallest absolute Gasteiger partial charge is 0.332 e. The van der Waals surface area contributed by atoms with E-state index in [1.807, 2.05) is 0 Å². The molecule has 0 saturated carbocycles. The van der Waals surface area contributed by atoms with Gasteiger partial charge in [-0.2, -0.15) is 4.98 Å². The zero-order chi connectivity index (χ0) is 14.9. The number of nitrogens with two attached hydrogens (primary N) is 1. The zero-order valence-electron chi connectivity index (χ0n) is 10.2. The summed E-state index contributed by atoms with van der Waals surface area (Å²) in [4.78, 5) is 18.0. The van der Waals surface area contributed by atoms with Gasteiger partial charge < -0.3 is 11.1 Å². The Kier molecular flexibility index (Phi) is 3.79. The lowest BCUT2D eigenvalue weighted by molar-refractivity contribution is -0.385. The van der Waals surface area contributed by atoms with E-state index in [0.29, 0.717) is 10.2 Å². The number of anilines is 3. The molecule has 1 heterocycles. The predicted octanol–water partition coefficient (Wildman–Crippen LogP) is 2.92. The number of rotatable bonds is 3. The lowest BCUT2D eigenvalue weighted by atomic mass is 10.3. The van der Waals surface area contributed by atoms with Crippen molar-refractivity contribution in [2.24, 2.45) is 0 Å². The molecule has 2 rings (SSSR count). The summed E-state index contributed by atoms with van der Waals surface area (Å²) < 4.78 is 13.4. The fraction of sp³-hybridized carbons (Fsp3) is 0.0909. The van der Waals surface area contributed by atoms with Crippen molar-refractivity contribution in [3.05, 3.63) is 44.3 Å². The van der Waals surface area contributed by atoms with E-state index in [1.165, 1.54) is 25.1 Å². The molecule has 0 radical (unpaired) electrons. The minimum atomic E-state index is -0.603. The number of halogens is 2. The van der Waals surface area contributed by atoms with Crippen LogP contribution in [0.3, 0.4) is 0 Å². The van der Waals surface area contributed by atoms with Gasteiger partial charge in [0.15, 0.2) is 0 Å². The second kappa shape index (κ2) is 5.37. The van der Waals surface area contributed by atoms with Crippen LogP contribution in [0.15, 0.2) is 22.7 Å². The van der Waals surface area contributed by atoms with Crippen LogP contribution in [0.4, 0.5) is 27.5 Å². The van der Waals surface area contributed by atoms with E-state index in [4.69, 9.17) is 5.73 Å². The van der Waals surface area contributed by atoms with E-state index in [1.54, 1.807) is 0 Å². The minimum absolute atomic E-state index is 0.0488. The molecular weight excluding hydrogens is 333 g/mol. The van der Waals surface area contributed by atoms with Gasteiger partial charge in [0.25, 0.3) is 0 Å². The van der Waals surface area contributed by atoms with E-state index >= 15 is 0 Å². The summed E-state index contributed by atoms with van der Waals surface area (Å²) in [5, 5.41) is 13.8. The molecule has 0 bridgehead atoms. The van der Waals surface area contributed by atoms with Gasteiger partial charge in [-0.15, -0.1) is 0 Å². The third kappa shape index (κ3) is 2.82. The predicted molar refractivity (Wildman–Crippen MR) is 75.2 cm³/mol. The molecule has 9 heteroatoms. The molecule has 0 aliphatic carbocycles. The molecule has 7 nitrogen and oxygen atoms in total. The molecule has 1 aromatic carbocycles. The van der Waals surface area contributed by atoms with Gasteiger partial charge in [-0.05, 0) is 41.1 Å². The van der Waals surface area contributed by atoms with Crippen molar-refractivity contribution < 1.29 is 9.31 Å². The Bertz CT molecular complexity index is 695. The second-order valence-electron chi connectivity index (χ2n) is 3.87. The van der Waals surface area contributed by atoms with E-state index in [2.05, 4.69) is 31.2 Å². The fourth-order valence-corrected chi connectivity index (χ4v) is 2.06. The van der Waals surface area contributed by atoms with Crippen molar-refractivity contribution in [2.45, 2.75) is 6.92 Å².